The van der Waals surface area contributed by atoms with Gasteiger partial charge in [-0.1, -0.05) is 32.4 Å². The number of carbonyl (C=O) groups is 1. The number of nitro groups is 1. The zero-order valence-corrected chi connectivity index (χ0v) is 16.5. The molecule has 0 bridgehead atoms. The molecule has 5 nitrogen and oxygen atoms in total. The molecule has 2 aromatic rings. The van der Waals surface area contributed by atoms with Gasteiger partial charge in [0.2, 0.25) is 0 Å². The molecule has 1 atom stereocenters. The van der Waals surface area contributed by atoms with Gasteiger partial charge in [-0.3, -0.25) is 14.9 Å². The summed E-state index contributed by atoms with van der Waals surface area (Å²) < 4.78 is 0. The Bertz CT molecular complexity index is 870. The second kappa shape index (κ2) is 7.00. The molecule has 1 aliphatic rings. The molecule has 1 aromatic carbocycles. The lowest BCUT2D eigenvalue weighted by atomic mass is 9.72. The summed E-state index contributed by atoms with van der Waals surface area (Å²) in [7, 11) is 0. The summed E-state index contributed by atoms with van der Waals surface area (Å²) in [6, 6.07) is 4.24. The van der Waals surface area contributed by atoms with Crippen LogP contribution < -0.4 is 5.32 Å². The minimum Gasteiger partial charge on any atom is -0.316 e. The van der Waals surface area contributed by atoms with Crippen molar-refractivity contribution in [3.63, 3.8) is 0 Å². The Hall–Kier alpha value is -1.92. The second-order valence-corrected chi connectivity index (χ2v) is 9.13. The fourth-order valence-corrected chi connectivity index (χ4v) is 4.72. The van der Waals surface area contributed by atoms with Crippen LogP contribution in [0.4, 0.5) is 11.4 Å². The van der Waals surface area contributed by atoms with Crippen molar-refractivity contribution in [3.8, 4) is 0 Å². The van der Waals surface area contributed by atoms with Gasteiger partial charge in [-0.25, -0.2) is 0 Å². The van der Waals surface area contributed by atoms with Crippen LogP contribution in [0.1, 0.15) is 48.0 Å². The molecule has 0 radical (unpaired) electrons. The van der Waals surface area contributed by atoms with Crippen LogP contribution >= 0.6 is 22.9 Å². The molecule has 7 heteroatoms. The first kappa shape index (κ1) is 18.9. The monoisotopic (exact) mass is 392 g/mol. The normalized spacial score (nSPS) is 16.8. The predicted molar refractivity (Wildman–Crippen MR) is 105 cm³/mol. The fraction of sp³-hybridized carbons (Fsp3) is 0.421. The molecule has 26 heavy (non-hydrogen) atoms. The average molecular weight is 393 g/mol. The van der Waals surface area contributed by atoms with E-state index < -0.39 is 4.92 Å². The van der Waals surface area contributed by atoms with Gasteiger partial charge in [0, 0.05) is 21.3 Å². The average Bonchev–Trinajstić information content (AvgIpc) is 2.98. The Labute approximate surface area is 161 Å². The SMILES string of the molecule is CC(C)(C)C1CCc2c(C(=O)Nc3ccc(Cl)cc3[N+](=O)[O-])csc2C1. The van der Waals surface area contributed by atoms with Gasteiger partial charge in [-0.15, -0.1) is 11.3 Å². The molecule has 0 fully saturated rings. The first-order valence-electron chi connectivity index (χ1n) is 8.51. The van der Waals surface area contributed by atoms with E-state index in [1.165, 1.54) is 23.1 Å². The van der Waals surface area contributed by atoms with Crippen molar-refractivity contribution < 1.29 is 9.72 Å². The van der Waals surface area contributed by atoms with Crippen LogP contribution in [0.25, 0.3) is 0 Å². The van der Waals surface area contributed by atoms with Crippen LogP contribution in [-0.2, 0) is 12.8 Å². The van der Waals surface area contributed by atoms with Gasteiger partial charge in [0.25, 0.3) is 11.6 Å². The van der Waals surface area contributed by atoms with Gasteiger partial charge < -0.3 is 5.32 Å². The van der Waals surface area contributed by atoms with Crippen molar-refractivity contribution in [2.45, 2.75) is 40.0 Å². The van der Waals surface area contributed by atoms with Crippen molar-refractivity contribution in [1.29, 1.82) is 0 Å². The maximum Gasteiger partial charge on any atom is 0.294 e. The third kappa shape index (κ3) is 3.76. The van der Waals surface area contributed by atoms with Crippen molar-refractivity contribution in [2.24, 2.45) is 11.3 Å². The molecule has 0 saturated carbocycles. The number of fused-ring (bicyclic) bond motifs is 1. The summed E-state index contributed by atoms with van der Waals surface area (Å²) in [6.45, 7) is 6.76. The molecule has 3 rings (SSSR count). The second-order valence-electron chi connectivity index (χ2n) is 7.73. The number of anilines is 1. The molecule has 1 aromatic heterocycles. The third-order valence-electron chi connectivity index (χ3n) is 5.03. The van der Waals surface area contributed by atoms with Crippen molar-refractivity contribution >= 4 is 40.2 Å². The van der Waals surface area contributed by atoms with Gasteiger partial charge in [0.1, 0.15) is 5.69 Å². The van der Waals surface area contributed by atoms with Gasteiger partial charge in [-0.05, 0) is 48.3 Å². The van der Waals surface area contributed by atoms with E-state index in [1.807, 2.05) is 5.38 Å². The van der Waals surface area contributed by atoms with Gasteiger partial charge >= 0.3 is 0 Å². The van der Waals surface area contributed by atoms with E-state index in [0.717, 1.165) is 24.8 Å². The minimum absolute atomic E-state index is 0.160. The molecule has 138 valence electrons. The maximum atomic E-state index is 12.7. The van der Waals surface area contributed by atoms with E-state index >= 15 is 0 Å². The standard InChI is InChI=1S/C19H21ClN2O3S/c1-19(2,3)11-4-6-13-14(10-26-17(13)8-11)18(23)21-15-7-5-12(20)9-16(15)22(24)25/h5,7,9-11H,4,6,8H2,1-3H3,(H,21,23). The molecule has 0 saturated heterocycles. The molecular weight excluding hydrogens is 372 g/mol. The van der Waals surface area contributed by atoms with Crippen LogP contribution in [0, 0.1) is 21.4 Å². The van der Waals surface area contributed by atoms with E-state index in [1.54, 1.807) is 11.3 Å². The largest absolute Gasteiger partial charge is 0.316 e. The number of hydrogen-bond acceptors (Lipinski definition) is 4. The Morgan fingerprint density at radius 2 is 2.12 bits per heavy atom. The Morgan fingerprint density at radius 1 is 1.38 bits per heavy atom. The van der Waals surface area contributed by atoms with Gasteiger partial charge in [0.15, 0.2) is 0 Å². The predicted octanol–water partition coefficient (Wildman–Crippen LogP) is 5.71. The highest BCUT2D eigenvalue weighted by molar-refractivity contribution is 7.10. The number of nitro benzene ring substituents is 1. The number of amides is 1. The Balaban J connectivity index is 1.83. The fourth-order valence-electron chi connectivity index (χ4n) is 3.39. The van der Waals surface area contributed by atoms with E-state index in [2.05, 4.69) is 26.1 Å². The lowest BCUT2D eigenvalue weighted by Crippen LogP contribution is -2.27. The summed E-state index contributed by atoms with van der Waals surface area (Å²) in [4.78, 5) is 24.6. The molecule has 1 aliphatic carbocycles. The first-order valence-corrected chi connectivity index (χ1v) is 9.77. The zero-order chi connectivity index (χ0) is 19.1. The number of benzene rings is 1. The van der Waals surface area contributed by atoms with Crippen molar-refractivity contribution in [2.75, 3.05) is 5.32 Å². The molecule has 0 aliphatic heterocycles. The third-order valence-corrected chi connectivity index (χ3v) is 6.32. The number of rotatable bonds is 3. The molecule has 1 amide bonds. The number of nitrogens with one attached hydrogen (secondary N) is 1. The number of carbonyl (C=O) groups excluding carboxylic acids is 1. The van der Waals surface area contributed by atoms with E-state index in [4.69, 9.17) is 11.6 Å². The highest BCUT2D eigenvalue weighted by Gasteiger charge is 2.32. The molecule has 1 N–H and O–H groups in total. The van der Waals surface area contributed by atoms with Crippen LogP contribution in [0.15, 0.2) is 23.6 Å². The molecule has 0 spiro atoms. The molecule has 1 heterocycles. The maximum absolute atomic E-state index is 12.7. The summed E-state index contributed by atoms with van der Waals surface area (Å²) in [5, 5.41) is 16.0. The van der Waals surface area contributed by atoms with E-state index in [9.17, 15) is 14.9 Å². The Morgan fingerprint density at radius 3 is 2.77 bits per heavy atom. The highest BCUT2D eigenvalue weighted by Crippen LogP contribution is 2.41. The van der Waals surface area contributed by atoms with Crippen LogP contribution in [0.2, 0.25) is 5.02 Å². The number of nitrogens with zero attached hydrogens (tertiary/aromatic N) is 1. The van der Waals surface area contributed by atoms with Crippen molar-refractivity contribution in [3.05, 3.63) is 54.7 Å². The minimum atomic E-state index is -0.543. The summed E-state index contributed by atoms with van der Waals surface area (Å²) in [5.74, 6) is 0.295. The number of thiophene rings is 1. The molecular formula is C19H21ClN2O3S. The zero-order valence-electron chi connectivity index (χ0n) is 15.0. The van der Waals surface area contributed by atoms with Crippen LogP contribution in [0.5, 0.6) is 0 Å². The van der Waals surface area contributed by atoms with Crippen molar-refractivity contribution in [1.82, 2.24) is 0 Å². The van der Waals surface area contributed by atoms with Gasteiger partial charge in [-0.2, -0.15) is 0 Å². The quantitative estimate of drug-likeness (QED) is 0.536. The number of hydrogen-bond donors (Lipinski definition) is 1. The first-order chi connectivity index (χ1) is 12.2. The lowest BCUT2D eigenvalue weighted by molar-refractivity contribution is -0.383. The number of halogens is 1. The van der Waals surface area contributed by atoms with E-state index in [0.29, 0.717) is 11.5 Å². The summed E-state index contributed by atoms with van der Waals surface area (Å²) in [5.41, 5.74) is 1.91. The highest BCUT2D eigenvalue weighted by atomic mass is 35.5. The van der Waals surface area contributed by atoms with Gasteiger partial charge in [0.05, 0.1) is 10.5 Å². The summed E-state index contributed by atoms with van der Waals surface area (Å²) >= 11 is 7.43. The lowest BCUT2D eigenvalue weighted by Gasteiger charge is -2.34. The van der Waals surface area contributed by atoms with E-state index in [-0.39, 0.29) is 27.7 Å². The summed E-state index contributed by atoms with van der Waals surface area (Å²) in [6.07, 6.45) is 2.90. The molecule has 1 unspecified atom stereocenters. The Kier molecular flexibility index (Phi) is 5.08. The van der Waals surface area contributed by atoms with Crippen LogP contribution in [0.3, 0.4) is 0 Å². The smallest absolute Gasteiger partial charge is 0.294 e. The van der Waals surface area contributed by atoms with Crippen LogP contribution in [-0.4, -0.2) is 10.8 Å². The topological polar surface area (TPSA) is 72.2 Å².